The second-order valence-corrected chi connectivity index (χ2v) is 7.38. The number of nitrogens with zero attached hydrogens (tertiary/aromatic N) is 3. The maximum Gasteiger partial charge on any atom is 0.441 e. The third kappa shape index (κ3) is 3.10. The van der Waals surface area contributed by atoms with Crippen molar-refractivity contribution >= 4 is 11.8 Å². The summed E-state index contributed by atoms with van der Waals surface area (Å²) in [6.07, 6.45) is 2.49. The molecule has 1 spiro atoms. The summed E-state index contributed by atoms with van der Waals surface area (Å²) in [5, 5.41) is 14.2. The summed E-state index contributed by atoms with van der Waals surface area (Å²) in [6, 6.07) is 9.00. The van der Waals surface area contributed by atoms with E-state index in [0.717, 1.165) is 30.6 Å². The Hall–Kier alpha value is -2.74. The van der Waals surface area contributed by atoms with E-state index in [0.29, 0.717) is 11.4 Å². The predicted octanol–water partition coefficient (Wildman–Crippen LogP) is 1.18. The zero-order valence-corrected chi connectivity index (χ0v) is 14.8. The smallest absolute Gasteiger partial charge is 0.389 e. The van der Waals surface area contributed by atoms with Crippen LogP contribution in [0.25, 0.3) is 11.4 Å². The van der Waals surface area contributed by atoms with Crippen molar-refractivity contribution < 1.29 is 19.2 Å². The molecule has 0 bridgehead atoms. The first-order chi connectivity index (χ1) is 13.0. The lowest BCUT2D eigenvalue weighted by Crippen LogP contribution is -2.41. The monoisotopic (exact) mass is 371 g/mol. The minimum atomic E-state index is -1.09. The summed E-state index contributed by atoms with van der Waals surface area (Å²) in [5.41, 5.74) is 0.105. The highest BCUT2D eigenvalue weighted by Gasteiger charge is 2.52. The van der Waals surface area contributed by atoms with E-state index in [9.17, 15) is 19.5 Å². The third-order valence-corrected chi connectivity index (χ3v) is 5.56. The molecule has 1 aromatic carbocycles. The Balaban J connectivity index is 1.50. The molecule has 8 heteroatoms. The zero-order valence-electron chi connectivity index (χ0n) is 14.8. The molecule has 1 aliphatic carbocycles. The number of aliphatic hydroxyl groups excluding tert-OH is 1. The van der Waals surface area contributed by atoms with Gasteiger partial charge in [-0.15, -0.1) is 0 Å². The molecule has 2 aliphatic rings. The molecule has 2 heterocycles. The van der Waals surface area contributed by atoms with E-state index in [2.05, 4.69) is 5.16 Å². The maximum absolute atomic E-state index is 12.7. The number of rotatable bonds is 5. The Bertz CT molecular complexity index is 911. The van der Waals surface area contributed by atoms with Crippen LogP contribution in [0.1, 0.15) is 32.1 Å². The lowest BCUT2D eigenvalue weighted by molar-refractivity contribution is -0.143. The fraction of sp³-hybridized carbons (Fsp3) is 0.474. The van der Waals surface area contributed by atoms with Crippen molar-refractivity contribution in [3.8, 4) is 11.4 Å². The molecule has 1 aliphatic heterocycles. The first kappa shape index (κ1) is 17.7. The number of β-amino-alcohol motifs (C(OH)–C–C–N with tert-alkyl or cyclic N) is 1. The molecule has 1 saturated carbocycles. The number of hydrogen-bond donors (Lipinski definition) is 1. The van der Waals surface area contributed by atoms with Gasteiger partial charge < -0.3 is 5.11 Å². The molecule has 27 heavy (non-hydrogen) atoms. The van der Waals surface area contributed by atoms with Gasteiger partial charge in [0, 0.05) is 12.0 Å². The number of benzene rings is 1. The van der Waals surface area contributed by atoms with Gasteiger partial charge in [-0.05, 0) is 12.8 Å². The summed E-state index contributed by atoms with van der Waals surface area (Å²) in [5.74, 6) is -0.836. The lowest BCUT2D eigenvalue weighted by atomic mass is 9.84. The SMILES string of the molecule is O=C1CC2(CCCC2)C(=O)N1CC(O)Cn1c(-c2ccccc2)noc1=O. The molecule has 142 valence electrons. The van der Waals surface area contributed by atoms with E-state index in [1.54, 1.807) is 24.3 Å². The largest absolute Gasteiger partial charge is 0.441 e. The highest BCUT2D eigenvalue weighted by molar-refractivity contribution is 6.06. The first-order valence-electron chi connectivity index (χ1n) is 9.15. The van der Waals surface area contributed by atoms with Gasteiger partial charge in [-0.1, -0.05) is 48.3 Å². The quantitative estimate of drug-likeness (QED) is 0.792. The molecule has 2 aromatic rings. The van der Waals surface area contributed by atoms with Gasteiger partial charge in [-0.3, -0.25) is 23.6 Å². The van der Waals surface area contributed by atoms with E-state index in [1.807, 2.05) is 6.07 Å². The van der Waals surface area contributed by atoms with Gasteiger partial charge in [-0.25, -0.2) is 4.79 Å². The van der Waals surface area contributed by atoms with Gasteiger partial charge in [0.05, 0.1) is 24.6 Å². The fourth-order valence-electron chi connectivity index (χ4n) is 4.19. The van der Waals surface area contributed by atoms with Gasteiger partial charge in [0.2, 0.25) is 11.8 Å². The van der Waals surface area contributed by atoms with Crippen LogP contribution in [0.2, 0.25) is 0 Å². The van der Waals surface area contributed by atoms with Crippen molar-refractivity contribution in [3.05, 3.63) is 40.9 Å². The van der Waals surface area contributed by atoms with Gasteiger partial charge in [0.15, 0.2) is 5.82 Å². The van der Waals surface area contributed by atoms with Crippen molar-refractivity contribution in [2.75, 3.05) is 6.54 Å². The highest BCUT2D eigenvalue weighted by Crippen LogP contribution is 2.46. The van der Waals surface area contributed by atoms with Gasteiger partial charge in [0.1, 0.15) is 0 Å². The number of amides is 2. The minimum Gasteiger partial charge on any atom is -0.389 e. The molecular formula is C19H21N3O5. The van der Waals surface area contributed by atoms with Crippen LogP contribution in [-0.4, -0.2) is 44.2 Å². The fourth-order valence-corrected chi connectivity index (χ4v) is 4.19. The Morgan fingerprint density at radius 1 is 1.11 bits per heavy atom. The Morgan fingerprint density at radius 3 is 2.52 bits per heavy atom. The molecule has 8 nitrogen and oxygen atoms in total. The molecule has 1 unspecified atom stereocenters. The highest BCUT2D eigenvalue weighted by atomic mass is 16.5. The third-order valence-electron chi connectivity index (χ3n) is 5.56. The molecule has 2 fully saturated rings. The molecule has 0 radical (unpaired) electrons. The Kier molecular flexibility index (Phi) is 4.43. The molecule has 2 amide bonds. The Labute approximate surface area is 155 Å². The number of hydrogen-bond acceptors (Lipinski definition) is 6. The van der Waals surface area contributed by atoms with E-state index >= 15 is 0 Å². The minimum absolute atomic E-state index is 0.114. The summed E-state index contributed by atoms with van der Waals surface area (Å²) in [7, 11) is 0. The summed E-state index contributed by atoms with van der Waals surface area (Å²) in [6.45, 7) is -0.248. The summed E-state index contributed by atoms with van der Waals surface area (Å²) >= 11 is 0. The van der Waals surface area contributed by atoms with E-state index < -0.39 is 17.3 Å². The topological polar surface area (TPSA) is 106 Å². The van der Waals surface area contributed by atoms with Crippen LogP contribution in [-0.2, 0) is 16.1 Å². The standard InChI is InChI=1S/C19H21N3O5/c23-14(11-21-15(24)10-19(17(21)25)8-4-5-9-19)12-22-16(20-27-18(22)26)13-6-2-1-3-7-13/h1-3,6-7,14,23H,4-5,8-12H2. The number of likely N-dealkylation sites (tertiary alicyclic amines) is 1. The van der Waals surface area contributed by atoms with Crippen LogP contribution in [0, 0.1) is 5.41 Å². The molecule has 4 rings (SSSR count). The van der Waals surface area contributed by atoms with Gasteiger partial charge in [0.25, 0.3) is 0 Å². The van der Waals surface area contributed by atoms with Crippen LogP contribution in [0.4, 0.5) is 0 Å². The van der Waals surface area contributed by atoms with Crippen molar-refractivity contribution in [1.29, 1.82) is 0 Å². The van der Waals surface area contributed by atoms with Crippen molar-refractivity contribution in [3.63, 3.8) is 0 Å². The van der Waals surface area contributed by atoms with Crippen LogP contribution < -0.4 is 5.76 Å². The van der Waals surface area contributed by atoms with Crippen molar-refractivity contribution in [2.24, 2.45) is 5.41 Å². The van der Waals surface area contributed by atoms with Crippen LogP contribution in [0.15, 0.2) is 39.6 Å². The van der Waals surface area contributed by atoms with Gasteiger partial charge in [-0.2, -0.15) is 0 Å². The van der Waals surface area contributed by atoms with Crippen LogP contribution in [0.5, 0.6) is 0 Å². The summed E-state index contributed by atoms with van der Waals surface area (Å²) in [4.78, 5) is 38.2. The van der Waals surface area contributed by atoms with Crippen molar-refractivity contribution in [1.82, 2.24) is 14.6 Å². The second-order valence-electron chi connectivity index (χ2n) is 7.38. The number of aromatic nitrogens is 2. The van der Waals surface area contributed by atoms with E-state index in [-0.39, 0.29) is 31.3 Å². The van der Waals surface area contributed by atoms with Crippen molar-refractivity contribution in [2.45, 2.75) is 44.8 Å². The number of carbonyl (C=O) groups excluding carboxylic acids is 2. The molecule has 1 aromatic heterocycles. The first-order valence-corrected chi connectivity index (χ1v) is 9.15. The number of carbonyl (C=O) groups is 2. The second kappa shape index (κ2) is 6.77. The molecular weight excluding hydrogens is 350 g/mol. The predicted molar refractivity (Wildman–Crippen MR) is 94.4 cm³/mol. The number of aliphatic hydroxyl groups is 1. The van der Waals surface area contributed by atoms with Crippen LogP contribution in [0.3, 0.4) is 0 Å². The Morgan fingerprint density at radius 2 is 1.81 bits per heavy atom. The van der Waals surface area contributed by atoms with Gasteiger partial charge >= 0.3 is 5.76 Å². The van der Waals surface area contributed by atoms with Crippen LogP contribution >= 0.6 is 0 Å². The molecule has 1 atom stereocenters. The summed E-state index contributed by atoms with van der Waals surface area (Å²) < 4.78 is 5.96. The zero-order chi connectivity index (χ0) is 19.0. The average Bonchev–Trinajstić information content (AvgIpc) is 3.33. The molecule has 1 N–H and O–H groups in total. The lowest BCUT2D eigenvalue weighted by Gasteiger charge is -2.23. The van der Waals surface area contributed by atoms with E-state index in [4.69, 9.17) is 4.52 Å². The molecule has 1 saturated heterocycles. The van der Waals surface area contributed by atoms with E-state index in [1.165, 1.54) is 4.57 Å². The normalized spacial score (nSPS) is 20.0. The number of imide groups is 1. The maximum atomic E-state index is 12.7. The average molecular weight is 371 g/mol.